The van der Waals surface area contributed by atoms with E-state index in [-0.39, 0.29) is 24.6 Å². The lowest BCUT2D eigenvalue weighted by Crippen LogP contribution is -1.92. The second-order valence-corrected chi connectivity index (χ2v) is 3.16. The summed E-state index contributed by atoms with van der Waals surface area (Å²) in [6.45, 7) is 0.141. The van der Waals surface area contributed by atoms with Crippen LogP contribution in [0.5, 0.6) is 0 Å². The van der Waals surface area contributed by atoms with Crippen molar-refractivity contribution in [1.82, 2.24) is 0 Å². The monoisotopic (exact) mass is 182 g/mol. The summed E-state index contributed by atoms with van der Waals surface area (Å²) >= 11 is 0. The summed E-state index contributed by atoms with van der Waals surface area (Å²) in [6, 6.07) is 6.29. The first kappa shape index (κ1) is 8.66. The van der Waals surface area contributed by atoms with E-state index >= 15 is 0 Å². The van der Waals surface area contributed by atoms with Crippen LogP contribution in [0.15, 0.2) is 24.3 Å². The summed E-state index contributed by atoms with van der Waals surface area (Å²) in [5.74, 6) is -0.233. The normalized spacial score (nSPS) is 26.0. The molecule has 13 heavy (non-hydrogen) atoms. The lowest BCUT2D eigenvalue weighted by molar-refractivity contribution is 0.262. The molecule has 1 aliphatic rings. The minimum atomic E-state index is -0.233. The average Bonchev–Trinajstić information content (AvgIpc) is 2.86. The van der Waals surface area contributed by atoms with E-state index in [0.29, 0.717) is 6.42 Å². The number of halogens is 1. The Labute approximate surface area is 76.0 Å². The SMILES string of the molecule is OCCC1OC1c1ccc(F)cc1. The molecule has 0 amide bonds. The standard InChI is InChI=1S/C10H11FO2/c11-8-3-1-7(2-4-8)10-9(13-10)5-6-12/h1-4,9-10,12H,5-6H2. The highest BCUT2D eigenvalue weighted by Crippen LogP contribution is 2.40. The fourth-order valence-corrected chi connectivity index (χ4v) is 1.44. The van der Waals surface area contributed by atoms with Crippen LogP contribution >= 0.6 is 0 Å². The maximum absolute atomic E-state index is 12.5. The molecule has 1 aromatic rings. The first-order chi connectivity index (χ1) is 6.31. The topological polar surface area (TPSA) is 32.8 Å². The summed E-state index contributed by atoms with van der Waals surface area (Å²) in [5, 5.41) is 8.65. The van der Waals surface area contributed by atoms with Gasteiger partial charge in [-0.05, 0) is 24.1 Å². The van der Waals surface area contributed by atoms with Crippen molar-refractivity contribution in [1.29, 1.82) is 0 Å². The van der Waals surface area contributed by atoms with E-state index < -0.39 is 0 Å². The first-order valence-corrected chi connectivity index (χ1v) is 4.33. The molecule has 1 saturated heterocycles. The van der Waals surface area contributed by atoms with Crippen molar-refractivity contribution in [2.75, 3.05) is 6.61 Å². The van der Waals surface area contributed by atoms with Gasteiger partial charge in [-0.3, -0.25) is 0 Å². The van der Waals surface area contributed by atoms with Gasteiger partial charge in [0.05, 0.1) is 6.10 Å². The van der Waals surface area contributed by atoms with Crippen LogP contribution in [0, 0.1) is 5.82 Å². The molecular weight excluding hydrogens is 171 g/mol. The molecule has 0 saturated carbocycles. The maximum Gasteiger partial charge on any atom is 0.123 e. The number of aliphatic hydroxyl groups excluding tert-OH is 1. The molecule has 0 aromatic heterocycles. The molecule has 1 aliphatic heterocycles. The van der Waals surface area contributed by atoms with Gasteiger partial charge in [-0.1, -0.05) is 12.1 Å². The van der Waals surface area contributed by atoms with Gasteiger partial charge in [-0.2, -0.15) is 0 Å². The van der Waals surface area contributed by atoms with Gasteiger partial charge in [-0.25, -0.2) is 4.39 Å². The summed E-state index contributed by atoms with van der Waals surface area (Å²) in [4.78, 5) is 0. The Morgan fingerprint density at radius 2 is 2.00 bits per heavy atom. The number of hydrogen-bond acceptors (Lipinski definition) is 2. The number of rotatable bonds is 3. The van der Waals surface area contributed by atoms with Crippen LogP contribution in [-0.2, 0) is 4.74 Å². The summed E-state index contributed by atoms with van der Waals surface area (Å²) in [6.07, 6.45) is 0.838. The molecule has 70 valence electrons. The van der Waals surface area contributed by atoms with Gasteiger partial charge in [0.15, 0.2) is 0 Å². The third-order valence-electron chi connectivity index (χ3n) is 2.19. The fraction of sp³-hybridized carbons (Fsp3) is 0.400. The highest BCUT2D eigenvalue weighted by atomic mass is 19.1. The molecule has 1 heterocycles. The zero-order valence-corrected chi connectivity index (χ0v) is 7.11. The Morgan fingerprint density at radius 1 is 1.31 bits per heavy atom. The molecule has 0 bridgehead atoms. The van der Waals surface area contributed by atoms with Crippen molar-refractivity contribution in [3.05, 3.63) is 35.6 Å². The molecular formula is C10H11FO2. The van der Waals surface area contributed by atoms with E-state index in [1.54, 1.807) is 12.1 Å². The average molecular weight is 182 g/mol. The Hall–Kier alpha value is -0.930. The van der Waals surface area contributed by atoms with Crippen molar-refractivity contribution in [3.8, 4) is 0 Å². The largest absolute Gasteiger partial charge is 0.396 e. The van der Waals surface area contributed by atoms with Crippen LogP contribution < -0.4 is 0 Å². The minimum Gasteiger partial charge on any atom is -0.396 e. The molecule has 0 spiro atoms. The zero-order chi connectivity index (χ0) is 9.26. The fourth-order valence-electron chi connectivity index (χ4n) is 1.44. The van der Waals surface area contributed by atoms with E-state index in [4.69, 9.17) is 9.84 Å². The van der Waals surface area contributed by atoms with Gasteiger partial charge in [0, 0.05) is 6.61 Å². The van der Waals surface area contributed by atoms with Crippen molar-refractivity contribution in [3.63, 3.8) is 0 Å². The molecule has 2 rings (SSSR count). The van der Waals surface area contributed by atoms with Crippen LogP contribution in [-0.4, -0.2) is 17.8 Å². The van der Waals surface area contributed by atoms with Crippen molar-refractivity contribution >= 4 is 0 Å². The number of ether oxygens (including phenoxy) is 1. The lowest BCUT2D eigenvalue weighted by atomic mass is 10.1. The van der Waals surface area contributed by atoms with Gasteiger partial charge in [0.1, 0.15) is 11.9 Å². The predicted octanol–water partition coefficient (Wildman–Crippen LogP) is 1.65. The number of benzene rings is 1. The van der Waals surface area contributed by atoms with E-state index in [9.17, 15) is 4.39 Å². The molecule has 3 heteroatoms. The first-order valence-electron chi connectivity index (χ1n) is 4.33. The van der Waals surface area contributed by atoms with Crippen LogP contribution in [0.4, 0.5) is 4.39 Å². The molecule has 2 atom stereocenters. The van der Waals surface area contributed by atoms with Gasteiger partial charge in [0.2, 0.25) is 0 Å². The smallest absolute Gasteiger partial charge is 0.123 e. The Balaban J connectivity index is 2.00. The maximum atomic E-state index is 12.5. The molecule has 2 unspecified atom stereocenters. The van der Waals surface area contributed by atoms with E-state index in [0.717, 1.165) is 5.56 Å². The van der Waals surface area contributed by atoms with Crippen molar-refractivity contribution in [2.24, 2.45) is 0 Å². The van der Waals surface area contributed by atoms with Gasteiger partial charge in [-0.15, -0.1) is 0 Å². The van der Waals surface area contributed by atoms with Gasteiger partial charge < -0.3 is 9.84 Å². The summed E-state index contributed by atoms with van der Waals surface area (Å²) in [5.41, 5.74) is 0.986. The van der Waals surface area contributed by atoms with Crippen LogP contribution in [0.3, 0.4) is 0 Å². The predicted molar refractivity (Wildman–Crippen MR) is 45.7 cm³/mol. The van der Waals surface area contributed by atoms with Crippen LogP contribution in [0.25, 0.3) is 0 Å². The highest BCUT2D eigenvalue weighted by molar-refractivity contribution is 5.22. The summed E-state index contributed by atoms with van der Waals surface area (Å²) < 4.78 is 17.8. The second kappa shape index (κ2) is 3.44. The molecule has 0 radical (unpaired) electrons. The third kappa shape index (κ3) is 1.87. The number of hydrogen-bond donors (Lipinski definition) is 1. The molecule has 2 nitrogen and oxygen atoms in total. The molecule has 1 aromatic carbocycles. The van der Waals surface area contributed by atoms with E-state index in [1.807, 2.05) is 0 Å². The second-order valence-electron chi connectivity index (χ2n) is 3.16. The van der Waals surface area contributed by atoms with Crippen molar-refractivity contribution < 1.29 is 14.2 Å². The molecule has 1 fully saturated rings. The van der Waals surface area contributed by atoms with Gasteiger partial charge >= 0.3 is 0 Å². The Bertz CT molecular complexity index is 283. The Morgan fingerprint density at radius 3 is 2.62 bits per heavy atom. The quantitative estimate of drug-likeness (QED) is 0.721. The lowest BCUT2D eigenvalue weighted by Gasteiger charge is -1.94. The Kier molecular flexibility index (Phi) is 2.29. The third-order valence-corrected chi connectivity index (χ3v) is 2.19. The highest BCUT2D eigenvalue weighted by Gasteiger charge is 2.39. The van der Waals surface area contributed by atoms with Crippen LogP contribution in [0.1, 0.15) is 18.1 Å². The van der Waals surface area contributed by atoms with Crippen LogP contribution in [0.2, 0.25) is 0 Å². The number of aliphatic hydroxyl groups is 1. The molecule has 0 aliphatic carbocycles. The van der Waals surface area contributed by atoms with Gasteiger partial charge in [0.25, 0.3) is 0 Å². The summed E-state index contributed by atoms with van der Waals surface area (Å²) in [7, 11) is 0. The van der Waals surface area contributed by atoms with Crippen molar-refractivity contribution in [2.45, 2.75) is 18.6 Å². The van der Waals surface area contributed by atoms with E-state index in [2.05, 4.69) is 0 Å². The number of epoxide rings is 1. The molecule has 1 N–H and O–H groups in total. The zero-order valence-electron chi connectivity index (χ0n) is 7.11. The minimum absolute atomic E-state index is 0.0627. The van der Waals surface area contributed by atoms with E-state index in [1.165, 1.54) is 12.1 Å².